The van der Waals surface area contributed by atoms with Crippen molar-refractivity contribution in [2.45, 2.75) is 13.3 Å². The number of pyridine rings is 1. The summed E-state index contributed by atoms with van der Waals surface area (Å²) in [5, 5.41) is 2.88. The first-order valence-electron chi connectivity index (χ1n) is 8.71. The largest absolute Gasteiger partial charge is 0.497 e. The molecule has 0 saturated carbocycles. The number of hydrogen-bond donors (Lipinski definition) is 1. The van der Waals surface area contributed by atoms with Crippen LogP contribution in [0.2, 0.25) is 0 Å². The highest BCUT2D eigenvalue weighted by molar-refractivity contribution is 5.92. The third kappa shape index (κ3) is 4.67. The molecule has 0 aliphatic heterocycles. The molecule has 0 atom stereocenters. The van der Waals surface area contributed by atoms with E-state index in [9.17, 15) is 4.79 Å². The topological polar surface area (TPSA) is 64.9 Å². The third-order valence-electron chi connectivity index (χ3n) is 4.18. The summed E-state index contributed by atoms with van der Waals surface area (Å²) in [6.07, 6.45) is 7.90. The molecule has 0 fully saturated rings. The molecule has 6 heteroatoms. The van der Waals surface area contributed by atoms with Crippen LogP contribution in [0.4, 0.5) is 0 Å². The van der Waals surface area contributed by atoms with Crippen LogP contribution in [0.3, 0.4) is 0 Å². The van der Waals surface area contributed by atoms with E-state index in [4.69, 9.17) is 9.47 Å². The lowest BCUT2D eigenvalue weighted by Gasteiger charge is -2.07. The second kappa shape index (κ2) is 8.40. The number of nitrogens with zero attached hydrogens (tertiary/aromatic N) is 2. The quantitative estimate of drug-likeness (QED) is 0.654. The number of rotatable bonds is 7. The second-order valence-electron chi connectivity index (χ2n) is 6.19. The zero-order chi connectivity index (χ0) is 19.2. The summed E-state index contributed by atoms with van der Waals surface area (Å²) in [6.45, 7) is 2.56. The lowest BCUT2D eigenvalue weighted by Crippen LogP contribution is -2.23. The molecular weight excluding hydrogens is 342 g/mol. The standard InChI is InChI=1S/C21H23N3O3/c1-15-4-8-20-23-17(14-24(20)13-15)10-11-22-21(25)9-5-16-12-18(26-2)6-7-19(16)27-3/h4-9,12-14H,10-11H2,1-3H3,(H,22,25)/b9-5+. The Labute approximate surface area is 158 Å². The van der Waals surface area contributed by atoms with Crippen LogP contribution in [0.1, 0.15) is 16.8 Å². The molecule has 0 saturated heterocycles. The lowest BCUT2D eigenvalue weighted by atomic mass is 10.1. The summed E-state index contributed by atoms with van der Waals surface area (Å²) in [5.74, 6) is 1.22. The van der Waals surface area contributed by atoms with E-state index >= 15 is 0 Å². The number of hydrogen-bond acceptors (Lipinski definition) is 4. The molecule has 0 radical (unpaired) electrons. The van der Waals surface area contributed by atoms with E-state index in [0.717, 1.165) is 16.9 Å². The summed E-state index contributed by atoms with van der Waals surface area (Å²) in [5.41, 5.74) is 3.81. The van der Waals surface area contributed by atoms with Crippen LogP contribution in [0.15, 0.2) is 48.8 Å². The number of nitrogens with one attached hydrogen (secondary N) is 1. The first-order valence-corrected chi connectivity index (χ1v) is 8.71. The smallest absolute Gasteiger partial charge is 0.244 e. The maximum Gasteiger partial charge on any atom is 0.244 e. The van der Waals surface area contributed by atoms with Crippen LogP contribution in [0, 0.1) is 6.92 Å². The Morgan fingerprint density at radius 2 is 2.04 bits per heavy atom. The normalized spacial score (nSPS) is 11.1. The van der Waals surface area contributed by atoms with Gasteiger partial charge in [-0.3, -0.25) is 4.79 Å². The molecule has 6 nitrogen and oxygen atoms in total. The molecule has 3 aromatic rings. The molecule has 0 aliphatic carbocycles. The van der Waals surface area contributed by atoms with Gasteiger partial charge >= 0.3 is 0 Å². The van der Waals surface area contributed by atoms with Crippen LogP contribution in [-0.2, 0) is 11.2 Å². The minimum atomic E-state index is -0.167. The Hall–Kier alpha value is -3.28. The Kier molecular flexibility index (Phi) is 5.76. The van der Waals surface area contributed by atoms with Gasteiger partial charge in [-0.2, -0.15) is 0 Å². The van der Waals surface area contributed by atoms with Gasteiger partial charge in [-0.1, -0.05) is 6.07 Å². The van der Waals surface area contributed by atoms with E-state index in [1.807, 2.05) is 54.0 Å². The van der Waals surface area contributed by atoms with Crippen molar-refractivity contribution in [2.24, 2.45) is 0 Å². The Bertz CT molecular complexity index is 976. The van der Waals surface area contributed by atoms with E-state index < -0.39 is 0 Å². The van der Waals surface area contributed by atoms with Gasteiger partial charge in [-0.05, 0) is 42.8 Å². The molecule has 1 amide bonds. The van der Waals surface area contributed by atoms with Crippen molar-refractivity contribution in [1.82, 2.24) is 14.7 Å². The number of carbonyl (C=O) groups is 1. The van der Waals surface area contributed by atoms with Crippen LogP contribution < -0.4 is 14.8 Å². The average molecular weight is 365 g/mol. The summed E-state index contributed by atoms with van der Waals surface area (Å²) in [4.78, 5) is 16.6. The van der Waals surface area contributed by atoms with Gasteiger partial charge in [0, 0.05) is 37.0 Å². The van der Waals surface area contributed by atoms with Gasteiger partial charge in [-0.15, -0.1) is 0 Å². The SMILES string of the molecule is COc1ccc(OC)c(/C=C/C(=O)NCCc2cn3cc(C)ccc3n2)c1. The van der Waals surface area contributed by atoms with Gasteiger partial charge in [0.05, 0.1) is 19.9 Å². The minimum Gasteiger partial charge on any atom is -0.497 e. The van der Waals surface area contributed by atoms with Crippen molar-refractivity contribution in [1.29, 1.82) is 0 Å². The molecule has 2 aromatic heterocycles. The first-order chi connectivity index (χ1) is 13.1. The second-order valence-corrected chi connectivity index (χ2v) is 6.19. The molecule has 0 spiro atoms. The number of carbonyl (C=O) groups excluding carboxylic acids is 1. The van der Waals surface area contributed by atoms with Gasteiger partial charge in [-0.25, -0.2) is 4.98 Å². The van der Waals surface area contributed by atoms with Crippen LogP contribution >= 0.6 is 0 Å². The Balaban J connectivity index is 1.57. The van der Waals surface area contributed by atoms with Gasteiger partial charge in [0.1, 0.15) is 17.1 Å². The first kappa shape index (κ1) is 18.5. The molecule has 0 bridgehead atoms. The van der Waals surface area contributed by atoms with Crippen molar-refractivity contribution in [2.75, 3.05) is 20.8 Å². The van der Waals surface area contributed by atoms with Crippen molar-refractivity contribution in [3.05, 3.63) is 65.6 Å². The third-order valence-corrected chi connectivity index (χ3v) is 4.18. The van der Waals surface area contributed by atoms with Crippen molar-refractivity contribution < 1.29 is 14.3 Å². The number of fused-ring (bicyclic) bond motifs is 1. The monoisotopic (exact) mass is 365 g/mol. The Morgan fingerprint density at radius 3 is 2.81 bits per heavy atom. The predicted molar refractivity (Wildman–Crippen MR) is 105 cm³/mol. The molecule has 27 heavy (non-hydrogen) atoms. The predicted octanol–water partition coefficient (Wildman–Crippen LogP) is 3.03. The van der Waals surface area contributed by atoms with Gasteiger partial charge in [0.2, 0.25) is 5.91 Å². The van der Waals surface area contributed by atoms with E-state index in [0.29, 0.717) is 24.5 Å². The van der Waals surface area contributed by atoms with E-state index in [2.05, 4.69) is 10.3 Å². The number of ether oxygens (including phenoxy) is 2. The highest BCUT2D eigenvalue weighted by Gasteiger charge is 2.04. The van der Waals surface area contributed by atoms with Crippen molar-refractivity contribution in [3.63, 3.8) is 0 Å². The fourth-order valence-corrected chi connectivity index (χ4v) is 2.78. The highest BCUT2D eigenvalue weighted by atomic mass is 16.5. The van der Waals surface area contributed by atoms with Crippen LogP contribution in [0.25, 0.3) is 11.7 Å². The Morgan fingerprint density at radius 1 is 1.19 bits per heavy atom. The van der Waals surface area contributed by atoms with Crippen LogP contribution in [-0.4, -0.2) is 36.1 Å². The van der Waals surface area contributed by atoms with Crippen molar-refractivity contribution >= 4 is 17.6 Å². The van der Waals surface area contributed by atoms with Gasteiger partial charge in [0.15, 0.2) is 0 Å². The molecule has 3 rings (SSSR count). The summed E-state index contributed by atoms with van der Waals surface area (Å²) in [7, 11) is 3.19. The number of imidazole rings is 1. The number of benzene rings is 1. The van der Waals surface area contributed by atoms with E-state index in [-0.39, 0.29) is 5.91 Å². The molecule has 1 N–H and O–H groups in total. The molecule has 140 valence electrons. The molecule has 1 aromatic carbocycles. The molecule has 2 heterocycles. The fraction of sp³-hybridized carbons (Fsp3) is 0.238. The number of aromatic nitrogens is 2. The summed E-state index contributed by atoms with van der Waals surface area (Å²) in [6, 6.07) is 9.46. The van der Waals surface area contributed by atoms with Gasteiger partial charge < -0.3 is 19.2 Å². The lowest BCUT2D eigenvalue weighted by molar-refractivity contribution is -0.116. The zero-order valence-electron chi connectivity index (χ0n) is 15.7. The summed E-state index contributed by atoms with van der Waals surface area (Å²) >= 11 is 0. The number of aryl methyl sites for hydroxylation is 1. The molecule has 0 unspecified atom stereocenters. The summed E-state index contributed by atoms with van der Waals surface area (Å²) < 4.78 is 12.5. The van der Waals surface area contributed by atoms with E-state index in [1.54, 1.807) is 20.3 Å². The van der Waals surface area contributed by atoms with E-state index in [1.165, 1.54) is 11.6 Å². The van der Waals surface area contributed by atoms with Crippen LogP contribution in [0.5, 0.6) is 11.5 Å². The van der Waals surface area contributed by atoms with Gasteiger partial charge in [0.25, 0.3) is 0 Å². The maximum absolute atomic E-state index is 12.1. The maximum atomic E-state index is 12.1. The van der Waals surface area contributed by atoms with Crippen molar-refractivity contribution in [3.8, 4) is 11.5 Å². The number of amides is 1. The highest BCUT2D eigenvalue weighted by Crippen LogP contribution is 2.24. The molecular formula is C21H23N3O3. The fourth-order valence-electron chi connectivity index (χ4n) is 2.78. The number of methoxy groups -OCH3 is 2. The zero-order valence-corrected chi connectivity index (χ0v) is 15.7. The minimum absolute atomic E-state index is 0.167. The molecule has 0 aliphatic rings. The average Bonchev–Trinajstić information content (AvgIpc) is 3.07.